The van der Waals surface area contributed by atoms with Crippen LogP contribution < -0.4 is 4.74 Å². The minimum Gasteiger partial charge on any atom is -0.478 e. The molecule has 0 aromatic heterocycles. The number of benzene rings is 2. The van der Waals surface area contributed by atoms with Gasteiger partial charge in [-0.3, -0.25) is 0 Å². The number of carboxylic acid groups (broad SMARTS) is 1. The molecular formula is C13H8Cl2O3. The highest BCUT2D eigenvalue weighted by atomic mass is 35.5. The first-order valence-electron chi connectivity index (χ1n) is 5.02. The monoisotopic (exact) mass is 282 g/mol. The van der Waals surface area contributed by atoms with E-state index < -0.39 is 5.97 Å². The molecule has 92 valence electrons. The molecule has 1 N–H and O–H groups in total. The Hall–Kier alpha value is -1.71. The zero-order valence-electron chi connectivity index (χ0n) is 9.06. The van der Waals surface area contributed by atoms with Crippen molar-refractivity contribution in [3.63, 3.8) is 0 Å². The quantitative estimate of drug-likeness (QED) is 0.903. The molecular weight excluding hydrogens is 275 g/mol. The molecule has 3 nitrogen and oxygen atoms in total. The number of carboxylic acids is 1. The Morgan fingerprint density at radius 2 is 1.50 bits per heavy atom. The van der Waals surface area contributed by atoms with Crippen LogP contribution in [0.3, 0.4) is 0 Å². The van der Waals surface area contributed by atoms with Gasteiger partial charge in [-0.2, -0.15) is 0 Å². The third-order valence-electron chi connectivity index (χ3n) is 2.17. The van der Waals surface area contributed by atoms with Crippen LogP contribution in [-0.2, 0) is 0 Å². The van der Waals surface area contributed by atoms with E-state index in [2.05, 4.69) is 0 Å². The van der Waals surface area contributed by atoms with Crippen molar-refractivity contribution in [2.45, 2.75) is 0 Å². The number of halogens is 2. The SMILES string of the molecule is O=C(O)c1ccc(Oc2cc(Cl)cc(Cl)c2)cc1. The number of hydrogen-bond acceptors (Lipinski definition) is 2. The lowest BCUT2D eigenvalue weighted by Crippen LogP contribution is -1.95. The summed E-state index contributed by atoms with van der Waals surface area (Å²) in [6.45, 7) is 0. The number of aromatic carboxylic acids is 1. The van der Waals surface area contributed by atoms with E-state index >= 15 is 0 Å². The molecule has 0 heterocycles. The summed E-state index contributed by atoms with van der Waals surface area (Å²) >= 11 is 11.7. The van der Waals surface area contributed by atoms with Crippen molar-refractivity contribution >= 4 is 29.2 Å². The van der Waals surface area contributed by atoms with Crippen LogP contribution >= 0.6 is 23.2 Å². The smallest absolute Gasteiger partial charge is 0.335 e. The van der Waals surface area contributed by atoms with Gasteiger partial charge >= 0.3 is 5.97 Å². The average molecular weight is 283 g/mol. The molecule has 0 unspecified atom stereocenters. The van der Waals surface area contributed by atoms with Crippen LogP contribution in [0.5, 0.6) is 11.5 Å². The van der Waals surface area contributed by atoms with Crippen LogP contribution in [0.25, 0.3) is 0 Å². The molecule has 0 saturated carbocycles. The predicted molar refractivity (Wildman–Crippen MR) is 69.9 cm³/mol. The molecule has 2 aromatic carbocycles. The lowest BCUT2D eigenvalue weighted by Gasteiger charge is -2.06. The van der Waals surface area contributed by atoms with Gasteiger partial charge in [-0.1, -0.05) is 23.2 Å². The highest BCUT2D eigenvalue weighted by molar-refractivity contribution is 6.34. The van der Waals surface area contributed by atoms with Gasteiger partial charge in [0.25, 0.3) is 0 Å². The lowest BCUT2D eigenvalue weighted by atomic mass is 10.2. The molecule has 0 spiro atoms. The summed E-state index contributed by atoms with van der Waals surface area (Å²) in [6.07, 6.45) is 0. The molecule has 0 amide bonds. The number of carbonyl (C=O) groups is 1. The molecule has 18 heavy (non-hydrogen) atoms. The van der Waals surface area contributed by atoms with E-state index in [4.69, 9.17) is 33.0 Å². The van der Waals surface area contributed by atoms with Gasteiger partial charge in [0.1, 0.15) is 11.5 Å². The summed E-state index contributed by atoms with van der Waals surface area (Å²) < 4.78 is 5.51. The second-order valence-electron chi connectivity index (χ2n) is 3.54. The highest BCUT2D eigenvalue weighted by Crippen LogP contribution is 2.28. The van der Waals surface area contributed by atoms with E-state index in [1.807, 2.05) is 0 Å². The minimum absolute atomic E-state index is 0.200. The normalized spacial score (nSPS) is 10.1. The van der Waals surface area contributed by atoms with Gasteiger partial charge in [0.2, 0.25) is 0 Å². The standard InChI is InChI=1S/C13H8Cl2O3/c14-9-5-10(15)7-12(6-9)18-11-3-1-8(2-4-11)13(16)17/h1-7H,(H,16,17). The largest absolute Gasteiger partial charge is 0.478 e. The van der Waals surface area contributed by atoms with Gasteiger partial charge in [-0.15, -0.1) is 0 Å². The van der Waals surface area contributed by atoms with Crippen LogP contribution in [0.15, 0.2) is 42.5 Å². The molecule has 5 heteroatoms. The first-order chi connectivity index (χ1) is 8.54. The third-order valence-corrected chi connectivity index (χ3v) is 2.61. The van der Waals surface area contributed by atoms with Crippen LogP contribution in [0.4, 0.5) is 0 Å². The Morgan fingerprint density at radius 3 is 2.00 bits per heavy atom. The summed E-state index contributed by atoms with van der Waals surface area (Å²) in [4.78, 5) is 10.7. The first kappa shape index (κ1) is 12.7. The highest BCUT2D eigenvalue weighted by Gasteiger charge is 2.04. The topological polar surface area (TPSA) is 46.5 Å². The van der Waals surface area contributed by atoms with Crippen LogP contribution in [0, 0.1) is 0 Å². The second kappa shape index (κ2) is 5.29. The van der Waals surface area contributed by atoms with Gasteiger partial charge < -0.3 is 9.84 Å². The Bertz CT molecular complexity index is 559. The zero-order valence-corrected chi connectivity index (χ0v) is 10.6. The molecule has 0 bridgehead atoms. The summed E-state index contributed by atoms with van der Waals surface area (Å²) in [5.74, 6) is 0.0289. The van der Waals surface area contributed by atoms with Crippen molar-refractivity contribution in [1.29, 1.82) is 0 Å². The maximum atomic E-state index is 10.7. The molecule has 0 aliphatic carbocycles. The predicted octanol–water partition coefficient (Wildman–Crippen LogP) is 4.48. The number of ether oxygens (including phenoxy) is 1. The van der Waals surface area contributed by atoms with Crippen molar-refractivity contribution in [1.82, 2.24) is 0 Å². The van der Waals surface area contributed by atoms with Crippen molar-refractivity contribution in [2.75, 3.05) is 0 Å². The van der Waals surface area contributed by atoms with E-state index in [0.29, 0.717) is 21.5 Å². The van der Waals surface area contributed by atoms with E-state index in [0.717, 1.165) is 0 Å². The molecule has 0 radical (unpaired) electrons. The molecule has 0 fully saturated rings. The Balaban J connectivity index is 2.20. The van der Waals surface area contributed by atoms with Gasteiger partial charge in [0, 0.05) is 10.0 Å². The number of rotatable bonds is 3. The van der Waals surface area contributed by atoms with E-state index in [1.54, 1.807) is 30.3 Å². The Kier molecular flexibility index (Phi) is 3.75. The van der Waals surface area contributed by atoms with Crippen molar-refractivity contribution in [3.8, 4) is 11.5 Å². The Morgan fingerprint density at radius 1 is 0.944 bits per heavy atom. The minimum atomic E-state index is -0.979. The summed E-state index contributed by atoms with van der Waals surface area (Å²) in [6, 6.07) is 10.9. The number of hydrogen-bond donors (Lipinski definition) is 1. The van der Waals surface area contributed by atoms with Crippen LogP contribution in [0.2, 0.25) is 10.0 Å². The summed E-state index contributed by atoms with van der Waals surface area (Å²) in [5, 5.41) is 9.71. The fourth-order valence-electron chi connectivity index (χ4n) is 1.39. The molecule has 0 aliphatic rings. The van der Waals surface area contributed by atoms with Gasteiger partial charge in [0.05, 0.1) is 5.56 Å². The fourth-order valence-corrected chi connectivity index (χ4v) is 1.90. The average Bonchev–Trinajstić information content (AvgIpc) is 2.28. The van der Waals surface area contributed by atoms with E-state index in [1.165, 1.54) is 12.1 Å². The van der Waals surface area contributed by atoms with Crippen LogP contribution in [0.1, 0.15) is 10.4 Å². The maximum Gasteiger partial charge on any atom is 0.335 e. The Labute approximate surface area is 114 Å². The van der Waals surface area contributed by atoms with E-state index in [-0.39, 0.29) is 5.56 Å². The summed E-state index contributed by atoms with van der Waals surface area (Å²) in [7, 11) is 0. The van der Waals surface area contributed by atoms with E-state index in [9.17, 15) is 4.79 Å². The van der Waals surface area contributed by atoms with Crippen molar-refractivity contribution in [3.05, 3.63) is 58.1 Å². The molecule has 0 atom stereocenters. The molecule has 2 aromatic rings. The molecule has 2 rings (SSSR count). The van der Waals surface area contributed by atoms with Crippen molar-refractivity contribution < 1.29 is 14.6 Å². The molecule has 0 saturated heterocycles. The van der Waals surface area contributed by atoms with Crippen molar-refractivity contribution in [2.24, 2.45) is 0 Å². The maximum absolute atomic E-state index is 10.7. The second-order valence-corrected chi connectivity index (χ2v) is 4.41. The fraction of sp³-hybridized carbons (Fsp3) is 0. The summed E-state index contributed by atoms with van der Waals surface area (Å²) in [5.41, 5.74) is 0.200. The molecule has 0 aliphatic heterocycles. The van der Waals surface area contributed by atoms with Gasteiger partial charge in [-0.25, -0.2) is 4.79 Å². The zero-order chi connectivity index (χ0) is 13.1. The third kappa shape index (κ3) is 3.15. The van der Waals surface area contributed by atoms with Crippen LogP contribution in [-0.4, -0.2) is 11.1 Å². The lowest BCUT2D eigenvalue weighted by molar-refractivity contribution is 0.0697. The first-order valence-corrected chi connectivity index (χ1v) is 5.77. The van der Waals surface area contributed by atoms with Gasteiger partial charge in [-0.05, 0) is 42.5 Å². The van der Waals surface area contributed by atoms with Gasteiger partial charge in [0.15, 0.2) is 0 Å².